The van der Waals surface area contributed by atoms with E-state index in [-0.39, 0.29) is 11.5 Å². The van der Waals surface area contributed by atoms with Gasteiger partial charge in [0.05, 0.1) is 11.4 Å². The Morgan fingerprint density at radius 1 is 1.17 bits per heavy atom. The summed E-state index contributed by atoms with van der Waals surface area (Å²) in [6.07, 6.45) is 0. The molecule has 6 heteroatoms. The first kappa shape index (κ1) is 15.8. The number of aryl methyl sites for hydroxylation is 1. The fraction of sp³-hybridized carbons (Fsp3) is 0.0556. The van der Waals surface area contributed by atoms with E-state index in [9.17, 15) is 9.65 Å². The Labute approximate surface area is 142 Å². The Morgan fingerprint density at radius 2 is 1.88 bits per heavy atom. The van der Waals surface area contributed by atoms with Crippen LogP contribution in [0.1, 0.15) is 10.6 Å². The molecular weight excluding hydrogens is 323 g/mol. The molecule has 0 aliphatic rings. The highest BCUT2D eigenvalue weighted by Gasteiger charge is 2.10. The first-order valence-corrected chi connectivity index (χ1v) is 8.06. The van der Waals surface area contributed by atoms with Gasteiger partial charge in [0.15, 0.2) is 10.7 Å². The van der Waals surface area contributed by atoms with Crippen molar-refractivity contribution in [3.05, 3.63) is 70.3 Å². The van der Waals surface area contributed by atoms with E-state index in [0.717, 1.165) is 11.3 Å². The van der Waals surface area contributed by atoms with Gasteiger partial charge < -0.3 is 0 Å². The summed E-state index contributed by atoms with van der Waals surface area (Å²) in [6, 6.07) is 15.8. The minimum Gasteiger partial charge on any atom is -0.277 e. The van der Waals surface area contributed by atoms with Crippen LogP contribution in [0.4, 0.5) is 10.1 Å². The Hall–Kier alpha value is -3.04. The molecular formula is C18H13FN4S. The molecule has 3 rings (SSSR count). The molecule has 2 aromatic carbocycles. The second-order valence-corrected chi connectivity index (χ2v) is 5.95. The van der Waals surface area contributed by atoms with Gasteiger partial charge in [-0.2, -0.15) is 10.4 Å². The summed E-state index contributed by atoms with van der Waals surface area (Å²) in [4.78, 5) is 4.47. The number of aromatic nitrogens is 1. The summed E-state index contributed by atoms with van der Waals surface area (Å²) in [7, 11) is 0. The number of hydrazone groups is 1. The number of hydrogen-bond acceptors (Lipinski definition) is 5. The minimum absolute atomic E-state index is 0.183. The molecule has 0 spiro atoms. The molecule has 0 radical (unpaired) electrons. The number of nitrogens with one attached hydrogen (secondary N) is 1. The predicted octanol–water partition coefficient (Wildman–Crippen LogP) is 4.60. The summed E-state index contributed by atoms with van der Waals surface area (Å²) in [5, 5.41) is 15.8. The second-order valence-electron chi connectivity index (χ2n) is 5.09. The lowest BCUT2D eigenvalue weighted by Gasteiger charge is -2.00. The monoisotopic (exact) mass is 336 g/mol. The minimum atomic E-state index is -0.326. The van der Waals surface area contributed by atoms with Crippen molar-refractivity contribution in [3.8, 4) is 17.3 Å². The topological polar surface area (TPSA) is 61.1 Å². The van der Waals surface area contributed by atoms with Crippen LogP contribution in [-0.2, 0) is 0 Å². The Bertz CT molecular complexity index is 905. The van der Waals surface area contributed by atoms with Crippen LogP contribution >= 0.6 is 11.3 Å². The SMILES string of the molecule is Cc1ccc(-c2csc(/C(C#N)=N\Nc3ccc(F)cc3)n2)cc1. The third kappa shape index (κ3) is 3.65. The molecule has 0 atom stereocenters. The van der Waals surface area contributed by atoms with E-state index in [1.54, 1.807) is 12.1 Å². The molecule has 1 N–H and O–H groups in total. The van der Waals surface area contributed by atoms with Gasteiger partial charge in [-0.15, -0.1) is 11.3 Å². The fourth-order valence-electron chi connectivity index (χ4n) is 2.00. The van der Waals surface area contributed by atoms with E-state index < -0.39 is 0 Å². The van der Waals surface area contributed by atoms with Gasteiger partial charge in [-0.05, 0) is 31.2 Å². The average molecular weight is 336 g/mol. The molecule has 118 valence electrons. The zero-order chi connectivity index (χ0) is 16.9. The summed E-state index contributed by atoms with van der Waals surface area (Å²) in [5.41, 5.74) is 6.50. The van der Waals surface area contributed by atoms with Crippen molar-refractivity contribution in [2.75, 3.05) is 5.43 Å². The molecule has 0 saturated carbocycles. The smallest absolute Gasteiger partial charge is 0.196 e. The maximum absolute atomic E-state index is 12.9. The van der Waals surface area contributed by atoms with Crippen molar-refractivity contribution in [1.82, 2.24) is 4.98 Å². The van der Waals surface area contributed by atoms with Gasteiger partial charge in [-0.3, -0.25) is 5.43 Å². The molecule has 0 aliphatic heterocycles. The summed E-state index contributed by atoms with van der Waals surface area (Å²) < 4.78 is 12.9. The van der Waals surface area contributed by atoms with Crippen molar-refractivity contribution in [2.24, 2.45) is 5.10 Å². The van der Waals surface area contributed by atoms with Crippen LogP contribution in [0, 0.1) is 24.1 Å². The lowest BCUT2D eigenvalue weighted by molar-refractivity contribution is 0.628. The third-order valence-corrected chi connectivity index (χ3v) is 4.15. The highest BCUT2D eigenvalue weighted by molar-refractivity contribution is 7.12. The predicted molar refractivity (Wildman–Crippen MR) is 94.5 cm³/mol. The van der Waals surface area contributed by atoms with Crippen LogP contribution in [0.3, 0.4) is 0 Å². The van der Waals surface area contributed by atoms with Crippen LogP contribution in [0.2, 0.25) is 0 Å². The van der Waals surface area contributed by atoms with Gasteiger partial charge in [0.1, 0.15) is 11.9 Å². The summed E-state index contributed by atoms with van der Waals surface area (Å²) in [6.45, 7) is 2.03. The van der Waals surface area contributed by atoms with Crippen molar-refractivity contribution in [2.45, 2.75) is 6.92 Å². The zero-order valence-electron chi connectivity index (χ0n) is 12.8. The van der Waals surface area contributed by atoms with Crippen molar-refractivity contribution in [1.29, 1.82) is 5.26 Å². The Balaban J connectivity index is 1.81. The van der Waals surface area contributed by atoms with E-state index in [0.29, 0.717) is 10.7 Å². The van der Waals surface area contributed by atoms with E-state index in [2.05, 4.69) is 15.5 Å². The zero-order valence-corrected chi connectivity index (χ0v) is 13.6. The normalized spacial score (nSPS) is 11.1. The van der Waals surface area contributed by atoms with Crippen LogP contribution in [0.25, 0.3) is 11.3 Å². The van der Waals surface area contributed by atoms with Crippen molar-refractivity contribution in [3.63, 3.8) is 0 Å². The lowest BCUT2D eigenvalue weighted by atomic mass is 10.1. The standard InChI is InChI=1S/C18H13FN4S/c1-12-2-4-13(5-3-12)17-11-24-18(21-17)16(10-20)23-22-15-8-6-14(19)7-9-15/h2-9,11,22H,1H3/b23-16-. The number of benzene rings is 2. The van der Waals surface area contributed by atoms with Gasteiger partial charge in [0, 0.05) is 10.9 Å². The quantitative estimate of drug-likeness (QED) is 0.559. The molecule has 0 saturated heterocycles. The molecule has 0 aliphatic carbocycles. The van der Waals surface area contributed by atoms with E-state index in [1.807, 2.05) is 42.6 Å². The molecule has 0 unspecified atom stereocenters. The number of nitriles is 1. The maximum atomic E-state index is 12.9. The van der Waals surface area contributed by atoms with Crippen LogP contribution in [0.15, 0.2) is 59.0 Å². The van der Waals surface area contributed by atoms with Crippen molar-refractivity contribution < 1.29 is 4.39 Å². The van der Waals surface area contributed by atoms with Gasteiger partial charge in [-0.25, -0.2) is 9.37 Å². The fourth-order valence-corrected chi connectivity index (χ4v) is 2.77. The van der Waals surface area contributed by atoms with Gasteiger partial charge in [-0.1, -0.05) is 29.8 Å². The van der Waals surface area contributed by atoms with Gasteiger partial charge in [0.25, 0.3) is 0 Å². The molecule has 0 amide bonds. The van der Waals surface area contributed by atoms with E-state index in [1.165, 1.54) is 29.0 Å². The Kier molecular flexibility index (Phi) is 4.64. The second kappa shape index (κ2) is 7.02. The van der Waals surface area contributed by atoms with Crippen molar-refractivity contribution >= 4 is 22.7 Å². The average Bonchev–Trinajstić information content (AvgIpc) is 3.08. The largest absolute Gasteiger partial charge is 0.277 e. The third-order valence-electron chi connectivity index (χ3n) is 3.30. The first-order valence-electron chi connectivity index (χ1n) is 7.18. The lowest BCUT2D eigenvalue weighted by Crippen LogP contribution is -2.01. The maximum Gasteiger partial charge on any atom is 0.196 e. The van der Waals surface area contributed by atoms with Crippen LogP contribution in [-0.4, -0.2) is 10.7 Å². The molecule has 0 bridgehead atoms. The van der Waals surface area contributed by atoms with E-state index in [4.69, 9.17) is 0 Å². The first-order chi connectivity index (χ1) is 11.7. The number of halogens is 1. The molecule has 1 heterocycles. The Morgan fingerprint density at radius 3 is 2.54 bits per heavy atom. The number of hydrogen-bond donors (Lipinski definition) is 1. The number of anilines is 1. The highest BCUT2D eigenvalue weighted by atomic mass is 32.1. The summed E-state index contributed by atoms with van der Waals surface area (Å²) >= 11 is 1.35. The molecule has 3 aromatic rings. The number of thiazole rings is 1. The molecule has 0 fully saturated rings. The number of rotatable bonds is 4. The molecule has 4 nitrogen and oxygen atoms in total. The highest BCUT2D eigenvalue weighted by Crippen LogP contribution is 2.22. The number of nitrogens with zero attached hydrogens (tertiary/aromatic N) is 3. The summed E-state index contributed by atoms with van der Waals surface area (Å²) in [5.74, 6) is -0.326. The molecule has 1 aromatic heterocycles. The van der Waals surface area contributed by atoms with Crippen LogP contribution < -0.4 is 5.43 Å². The van der Waals surface area contributed by atoms with Crippen LogP contribution in [0.5, 0.6) is 0 Å². The van der Waals surface area contributed by atoms with Gasteiger partial charge >= 0.3 is 0 Å². The van der Waals surface area contributed by atoms with E-state index >= 15 is 0 Å². The molecule has 24 heavy (non-hydrogen) atoms. The van der Waals surface area contributed by atoms with Gasteiger partial charge in [0.2, 0.25) is 0 Å².